The van der Waals surface area contributed by atoms with Crippen LogP contribution in [0.5, 0.6) is 0 Å². The minimum absolute atomic E-state index is 0.208. The molecule has 0 amide bonds. The van der Waals surface area contributed by atoms with Gasteiger partial charge < -0.3 is 4.74 Å². The van der Waals surface area contributed by atoms with Crippen molar-refractivity contribution in [2.45, 2.75) is 28.7 Å². The average molecular weight is 438 g/mol. The van der Waals surface area contributed by atoms with Crippen molar-refractivity contribution in [3.63, 3.8) is 0 Å². The Kier molecular flexibility index (Phi) is 5.50. The number of halogens is 1. The van der Waals surface area contributed by atoms with Crippen LogP contribution < -0.4 is 0 Å². The number of hydrogen-bond acceptors (Lipinski definition) is 4. The average Bonchev–Trinajstić information content (AvgIpc) is 2.64. The van der Waals surface area contributed by atoms with Gasteiger partial charge in [0.25, 0.3) is 0 Å². The van der Waals surface area contributed by atoms with Crippen LogP contribution in [0.3, 0.4) is 0 Å². The summed E-state index contributed by atoms with van der Waals surface area (Å²) >= 11 is 3.60. The number of benzene rings is 2. The topological polar surface area (TPSA) is 63.7 Å². The fourth-order valence-electron chi connectivity index (χ4n) is 3.30. The molecule has 1 heterocycles. The molecule has 2 aromatic carbocycles. The van der Waals surface area contributed by atoms with Crippen molar-refractivity contribution in [1.29, 1.82) is 0 Å². The summed E-state index contributed by atoms with van der Waals surface area (Å²) in [5, 5.41) is 0. The van der Waals surface area contributed by atoms with Crippen molar-refractivity contribution in [3.05, 3.63) is 66.2 Å². The van der Waals surface area contributed by atoms with E-state index in [1.165, 1.54) is 11.2 Å². The summed E-state index contributed by atoms with van der Waals surface area (Å²) in [5.41, 5.74) is -0.0377. The molecule has 0 spiro atoms. The molecule has 0 saturated carbocycles. The number of piperidine rings is 1. The number of hydrogen-bond donors (Lipinski definition) is 0. The maximum absolute atomic E-state index is 12.9. The predicted octanol–water partition coefficient (Wildman–Crippen LogP) is 3.30. The molecule has 1 aliphatic heterocycles. The van der Waals surface area contributed by atoms with Gasteiger partial charge in [-0.1, -0.05) is 64.5 Å². The van der Waals surface area contributed by atoms with Crippen molar-refractivity contribution in [1.82, 2.24) is 4.31 Å². The molecule has 0 unspecified atom stereocenters. The number of sulfonamides is 1. The van der Waals surface area contributed by atoms with Crippen LogP contribution in [0.1, 0.15) is 18.9 Å². The van der Waals surface area contributed by atoms with Crippen molar-refractivity contribution >= 4 is 31.9 Å². The summed E-state index contributed by atoms with van der Waals surface area (Å²) in [6, 6.07) is 17.8. The van der Waals surface area contributed by atoms with Gasteiger partial charge in [0.15, 0.2) is 5.60 Å². The highest BCUT2D eigenvalue weighted by Gasteiger charge is 2.48. The van der Waals surface area contributed by atoms with Gasteiger partial charge in [0.05, 0.1) is 9.72 Å². The summed E-state index contributed by atoms with van der Waals surface area (Å²) in [4.78, 5) is 11.7. The van der Waals surface area contributed by atoms with Crippen LogP contribution in [0.15, 0.2) is 65.6 Å². The van der Waals surface area contributed by atoms with Gasteiger partial charge in [-0.3, -0.25) is 4.79 Å². The molecule has 2 atom stereocenters. The van der Waals surface area contributed by atoms with Crippen molar-refractivity contribution in [2.24, 2.45) is 0 Å². The second-order valence-corrected chi connectivity index (χ2v) is 9.29. The monoisotopic (exact) mass is 437 g/mol. The highest BCUT2D eigenvalue weighted by Crippen LogP contribution is 2.42. The summed E-state index contributed by atoms with van der Waals surface area (Å²) in [7, 11) is -3.59. The Hall–Kier alpha value is -1.70. The largest absolute Gasteiger partial charge is 0.453 e. The standard InChI is InChI=1S/C19H20BrNO4S/c1-15(22)25-19(16-8-4-2-5-9-16)12-13-21(14-18(19)20)26(23,24)17-10-6-3-7-11-17/h2-11,18H,12-14H2,1H3/t18-,19+/m0/s1. The Morgan fingerprint density at radius 3 is 2.23 bits per heavy atom. The zero-order valence-corrected chi connectivity index (χ0v) is 16.7. The number of alkyl halides is 1. The fraction of sp³-hybridized carbons (Fsp3) is 0.316. The Balaban J connectivity index is 1.92. The van der Waals surface area contributed by atoms with E-state index in [1.54, 1.807) is 30.3 Å². The molecule has 5 nitrogen and oxygen atoms in total. The number of carbonyl (C=O) groups excluding carboxylic acids is 1. The third-order valence-electron chi connectivity index (χ3n) is 4.57. The third kappa shape index (κ3) is 3.56. The molecule has 2 aromatic rings. The second-order valence-electron chi connectivity index (χ2n) is 6.24. The van der Waals surface area contributed by atoms with Crippen LogP contribution in [0.4, 0.5) is 0 Å². The van der Waals surface area contributed by atoms with E-state index < -0.39 is 21.6 Å². The number of nitrogens with zero attached hydrogens (tertiary/aromatic N) is 1. The SMILES string of the molecule is CC(=O)O[C@@]1(c2ccccc2)CCN(S(=O)(=O)c2ccccc2)C[C@@H]1Br. The first kappa shape index (κ1) is 19.1. The minimum atomic E-state index is -3.59. The molecule has 1 fully saturated rings. The predicted molar refractivity (Wildman–Crippen MR) is 102 cm³/mol. The maximum Gasteiger partial charge on any atom is 0.303 e. The number of esters is 1. The highest BCUT2D eigenvalue weighted by atomic mass is 79.9. The molecule has 0 N–H and O–H groups in total. The highest BCUT2D eigenvalue weighted by molar-refractivity contribution is 9.09. The Morgan fingerprint density at radius 2 is 1.69 bits per heavy atom. The van der Waals surface area contributed by atoms with E-state index in [-0.39, 0.29) is 22.8 Å². The lowest BCUT2D eigenvalue weighted by Gasteiger charge is -2.44. The summed E-state index contributed by atoms with van der Waals surface area (Å²) in [6.45, 7) is 1.85. The Bertz CT molecular complexity index is 873. The Labute approximate surface area is 162 Å². The molecule has 138 valence electrons. The second kappa shape index (κ2) is 7.50. The number of rotatable bonds is 4. The third-order valence-corrected chi connectivity index (χ3v) is 7.48. The van der Waals surface area contributed by atoms with E-state index in [0.29, 0.717) is 6.42 Å². The van der Waals surface area contributed by atoms with Crippen molar-refractivity contribution in [3.8, 4) is 0 Å². The van der Waals surface area contributed by atoms with Crippen LogP contribution in [-0.4, -0.2) is 36.6 Å². The smallest absolute Gasteiger partial charge is 0.303 e. The molecule has 0 radical (unpaired) electrons. The van der Waals surface area contributed by atoms with Gasteiger partial charge in [-0.15, -0.1) is 0 Å². The first-order valence-electron chi connectivity index (χ1n) is 8.30. The lowest BCUT2D eigenvalue weighted by Crippen LogP contribution is -2.54. The van der Waals surface area contributed by atoms with E-state index in [0.717, 1.165) is 5.56 Å². The van der Waals surface area contributed by atoms with E-state index in [9.17, 15) is 13.2 Å². The molecule has 3 rings (SSSR count). The summed E-state index contributed by atoms with van der Waals surface area (Å²) in [5.74, 6) is -0.391. The molecule has 7 heteroatoms. The maximum atomic E-state index is 12.9. The molecule has 0 bridgehead atoms. The zero-order valence-electron chi connectivity index (χ0n) is 14.3. The molecular weight excluding hydrogens is 418 g/mol. The number of ether oxygens (including phenoxy) is 1. The van der Waals surface area contributed by atoms with Gasteiger partial charge in [0, 0.05) is 26.4 Å². The van der Waals surface area contributed by atoms with E-state index in [2.05, 4.69) is 15.9 Å². The van der Waals surface area contributed by atoms with E-state index in [4.69, 9.17) is 4.74 Å². The normalized spacial score (nSPS) is 24.2. The molecule has 0 aromatic heterocycles. The lowest BCUT2D eigenvalue weighted by atomic mass is 9.84. The minimum Gasteiger partial charge on any atom is -0.453 e. The van der Waals surface area contributed by atoms with E-state index >= 15 is 0 Å². The lowest BCUT2D eigenvalue weighted by molar-refractivity contribution is -0.161. The van der Waals surface area contributed by atoms with Crippen LogP contribution in [0, 0.1) is 0 Å². The molecule has 1 aliphatic rings. The van der Waals surface area contributed by atoms with Crippen LogP contribution in [0.2, 0.25) is 0 Å². The van der Waals surface area contributed by atoms with Crippen molar-refractivity contribution < 1.29 is 17.9 Å². The first-order valence-corrected chi connectivity index (χ1v) is 10.7. The van der Waals surface area contributed by atoms with Crippen molar-refractivity contribution in [2.75, 3.05) is 13.1 Å². The Morgan fingerprint density at radius 1 is 1.12 bits per heavy atom. The van der Waals surface area contributed by atoms with Crippen LogP contribution in [-0.2, 0) is 25.2 Å². The van der Waals surface area contributed by atoms with Gasteiger partial charge >= 0.3 is 5.97 Å². The molecule has 1 saturated heterocycles. The van der Waals surface area contributed by atoms with Gasteiger partial charge in [-0.2, -0.15) is 4.31 Å². The fourth-order valence-corrected chi connectivity index (χ4v) is 5.90. The van der Waals surface area contributed by atoms with Gasteiger partial charge in [0.2, 0.25) is 10.0 Å². The zero-order chi connectivity index (χ0) is 18.8. The molecule has 0 aliphatic carbocycles. The number of carbonyl (C=O) groups is 1. The van der Waals surface area contributed by atoms with Gasteiger partial charge in [0.1, 0.15) is 0 Å². The molecular formula is C19H20BrNO4S. The van der Waals surface area contributed by atoms with Crippen LogP contribution in [0.25, 0.3) is 0 Å². The quantitative estimate of drug-likeness (QED) is 0.543. The van der Waals surface area contributed by atoms with Crippen LogP contribution >= 0.6 is 15.9 Å². The summed E-state index contributed by atoms with van der Waals surface area (Å²) < 4.78 is 33.0. The van der Waals surface area contributed by atoms with Gasteiger partial charge in [-0.25, -0.2) is 8.42 Å². The summed E-state index contributed by atoms with van der Waals surface area (Å²) in [6.07, 6.45) is 0.374. The van der Waals surface area contributed by atoms with Gasteiger partial charge in [-0.05, 0) is 17.7 Å². The first-order chi connectivity index (χ1) is 12.4. The van der Waals surface area contributed by atoms with E-state index in [1.807, 2.05) is 30.3 Å². The molecule has 26 heavy (non-hydrogen) atoms.